The summed E-state index contributed by atoms with van der Waals surface area (Å²) in [5.41, 5.74) is 1.34. The van der Waals surface area contributed by atoms with E-state index in [1.54, 1.807) is 0 Å². The number of ether oxygens (including phenoxy) is 1. The van der Waals surface area contributed by atoms with Gasteiger partial charge in [-0.05, 0) is 43.8 Å². The Balaban J connectivity index is 2.70. The summed E-state index contributed by atoms with van der Waals surface area (Å²) in [4.78, 5) is 2.45. The minimum atomic E-state index is 0.389. The van der Waals surface area contributed by atoms with Crippen LogP contribution in [0.2, 0.25) is 0 Å². The van der Waals surface area contributed by atoms with E-state index in [-0.39, 0.29) is 0 Å². The van der Waals surface area contributed by atoms with Crippen LogP contribution in [0.25, 0.3) is 0 Å². The number of hydrogen-bond acceptors (Lipinski definition) is 3. The van der Waals surface area contributed by atoms with Crippen molar-refractivity contribution in [3.63, 3.8) is 0 Å². The van der Waals surface area contributed by atoms with E-state index in [0.717, 1.165) is 45.0 Å². The molecule has 1 aromatic rings. The Labute approximate surface area is 124 Å². The van der Waals surface area contributed by atoms with Gasteiger partial charge in [0.1, 0.15) is 5.75 Å². The zero-order chi connectivity index (χ0) is 14.8. The van der Waals surface area contributed by atoms with Crippen LogP contribution in [0.4, 0.5) is 0 Å². The lowest BCUT2D eigenvalue weighted by molar-refractivity contribution is 0.267. The zero-order valence-electron chi connectivity index (χ0n) is 13.5. The van der Waals surface area contributed by atoms with E-state index in [4.69, 9.17) is 4.74 Å². The number of rotatable bonds is 10. The highest BCUT2D eigenvalue weighted by Gasteiger charge is 2.13. The first-order chi connectivity index (χ1) is 9.74. The minimum absolute atomic E-state index is 0.389. The van der Waals surface area contributed by atoms with E-state index in [1.165, 1.54) is 5.56 Å². The Morgan fingerprint density at radius 1 is 1.05 bits per heavy atom. The molecule has 114 valence electrons. The van der Waals surface area contributed by atoms with E-state index >= 15 is 0 Å². The molecule has 0 saturated heterocycles. The summed E-state index contributed by atoms with van der Waals surface area (Å²) >= 11 is 0. The van der Waals surface area contributed by atoms with Gasteiger partial charge in [0.15, 0.2) is 0 Å². The molecular formula is C17H30N2O. The zero-order valence-corrected chi connectivity index (χ0v) is 13.5. The summed E-state index contributed by atoms with van der Waals surface area (Å²) in [6.07, 6.45) is 1.05. The van der Waals surface area contributed by atoms with Gasteiger partial charge >= 0.3 is 0 Å². The van der Waals surface area contributed by atoms with Gasteiger partial charge in [-0.2, -0.15) is 0 Å². The third-order valence-corrected chi connectivity index (χ3v) is 3.54. The SMILES string of the molecule is CCCOc1ccc(C(CN(CC)CC)NCC)cc1. The molecule has 1 N–H and O–H groups in total. The quantitative estimate of drug-likeness (QED) is 0.709. The van der Waals surface area contributed by atoms with Gasteiger partial charge in [0.25, 0.3) is 0 Å². The van der Waals surface area contributed by atoms with E-state index in [9.17, 15) is 0 Å². The van der Waals surface area contributed by atoms with E-state index in [2.05, 4.69) is 62.2 Å². The average molecular weight is 278 g/mol. The molecule has 0 aromatic heterocycles. The molecule has 1 unspecified atom stereocenters. The standard InChI is InChI=1S/C17H30N2O/c1-5-13-20-16-11-9-15(10-12-16)17(18-6-2)14-19(7-3)8-4/h9-12,17-18H,5-8,13-14H2,1-4H3. The lowest BCUT2D eigenvalue weighted by Crippen LogP contribution is -2.35. The predicted octanol–water partition coefficient (Wildman–Crippen LogP) is 3.47. The highest BCUT2D eigenvalue weighted by atomic mass is 16.5. The van der Waals surface area contributed by atoms with Crippen LogP contribution in [0, 0.1) is 0 Å². The van der Waals surface area contributed by atoms with Crippen molar-refractivity contribution >= 4 is 0 Å². The van der Waals surface area contributed by atoms with Gasteiger partial charge in [0.2, 0.25) is 0 Å². The Bertz CT molecular complexity index is 347. The molecule has 0 radical (unpaired) electrons. The molecule has 0 amide bonds. The molecule has 1 rings (SSSR count). The molecule has 3 heteroatoms. The maximum Gasteiger partial charge on any atom is 0.119 e. The first-order valence-electron chi connectivity index (χ1n) is 7.93. The molecule has 0 aliphatic rings. The van der Waals surface area contributed by atoms with Crippen molar-refractivity contribution in [3.05, 3.63) is 29.8 Å². The lowest BCUT2D eigenvalue weighted by Gasteiger charge is -2.26. The summed E-state index contributed by atoms with van der Waals surface area (Å²) < 4.78 is 5.64. The number of nitrogens with one attached hydrogen (secondary N) is 1. The van der Waals surface area contributed by atoms with Gasteiger partial charge in [0, 0.05) is 12.6 Å². The first kappa shape index (κ1) is 17.0. The molecule has 20 heavy (non-hydrogen) atoms. The molecule has 0 aliphatic heterocycles. The number of benzene rings is 1. The summed E-state index contributed by atoms with van der Waals surface area (Å²) in [5, 5.41) is 3.58. The van der Waals surface area contributed by atoms with Crippen LogP contribution >= 0.6 is 0 Å². The van der Waals surface area contributed by atoms with Crippen LogP contribution in [0.5, 0.6) is 5.75 Å². The second-order valence-corrected chi connectivity index (χ2v) is 5.01. The van der Waals surface area contributed by atoms with Crippen LogP contribution in [0.1, 0.15) is 45.7 Å². The molecule has 1 atom stereocenters. The lowest BCUT2D eigenvalue weighted by atomic mass is 10.1. The topological polar surface area (TPSA) is 24.5 Å². The maximum atomic E-state index is 5.64. The van der Waals surface area contributed by atoms with Crippen molar-refractivity contribution in [2.24, 2.45) is 0 Å². The number of hydrogen-bond donors (Lipinski definition) is 1. The smallest absolute Gasteiger partial charge is 0.119 e. The third kappa shape index (κ3) is 5.51. The Kier molecular flexibility index (Phi) is 8.31. The van der Waals surface area contributed by atoms with Crippen molar-refractivity contribution in [2.45, 2.75) is 40.2 Å². The van der Waals surface area contributed by atoms with Crippen molar-refractivity contribution in [2.75, 3.05) is 32.8 Å². The molecular weight excluding hydrogens is 248 g/mol. The van der Waals surface area contributed by atoms with Crippen LogP contribution in [0.15, 0.2) is 24.3 Å². The van der Waals surface area contributed by atoms with Gasteiger partial charge in [-0.15, -0.1) is 0 Å². The fourth-order valence-electron chi connectivity index (χ4n) is 2.29. The third-order valence-electron chi connectivity index (χ3n) is 3.54. The molecule has 1 aromatic carbocycles. The molecule has 0 bridgehead atoms. The minimum Gasteiger partial charge on any atom is -0.494 e. The monoisotopic (exact) mass is 278 g/mol. The number of nitrogens with zero attached hydrogens (tertiary/aromatic N) is 1. The van der Waals surface area contributed by atoms with Crippen LogP contribution in [0.3, 0.4) is 0 Å². The number of likely N-dealkylation sites (N-methyl/N-ethyl adjacent to an activating group) is 2. The molecule has 0 saturated carbocycles. The summed E-state index contributed by atoms with van der Waals surface area (Å²) in [6.45, 7) is 13.7. The molecule has 0 aliphatic carbocycles. The second kappa shape index (κ2) is 9.78. The van der Waals surface area contributed by atoms with Gasteiger partial charge < -0.3 is 15.0 Å². The molecule has 0 fully saturated rings. The molecule has 0 heterocycles. The van der Waals surface area contributed by atoms with E-state index < -0.39 is 0 Å². The Morgan fingerprint density at radius 3 is 2.20 bits per heavy atom. The van der Waals surface area contributed by atoms with E-state index in [1.807, 2.05) is 0 Å². The highest BCUT2D eigenvalue weighted by Crippen LogP contribution is 2.19. The largest absolute Gasteiger partial charge is 0.494 e. The van der Waals surface area contributed by atoms with E-state index in [0.29, 0.717) is 6.04 Å². The average Bonchev–Trinajstić information content (AvgIpc) is 2.50. The van der Waals surface area contributed by atoms with Crippen LogP contribution in [-0.2, 0) is 0 Å². The first-order valence-corrected chi connectivity index (χ1v) is 7.93. The Morgan fingerprint density at radius 2 is 1.70 bits per heavy atom. The van der Waals surface area contributed by atoms with Crippen molar-refractivity contribution in [3.8, 4) is 5.75 Å². The van der Waals surface area contributed by atoms with Gasteiger partial charge in [0.05, 0.1) is 6.61 Å². The summed E-state index contributed by atoms with van der Waals surface area (Å²) in [5.74, 6) is 0.966. The van der Waals surface area contributed by atoms with Gasteiger partial charge in [-0.25, -0.2) is 0 Å². The van der Waals surface area contributed by atoms with Crippen molar-refractivity contribution < 1.29 is 4.74 Å². The summed E-state index contributed by atoms with van der Waals surface area (Å²) in [6, 6.07) is 8.92. The second-order valence-electron chi connectivity index (χ2n) is 5.01. The van der Waals surface area contributed by atoms with Gasteiger partial charge in [-0.3, -0.25) is 0 Å². The predicted molar refractivity (Wildman–Crippen MR) is 86.4 cm³/mol. The normalized spacial score (nSPS) is 12.7. The Hall–Kier alpha value is -1.06. The molecule has 3 nitrogen and oxygen atoms in total. The van der Waals surface area contributed by atoms with Crippen molar-refractivity contribution in [1.82, 2.24) is 10.2 Å². The fraction of sp³-hybridized carbons (Fsp3) is 0.647. The summed E-state index contributed by atoms with van der Waals surface area (Å²) in [7, 11) is 0. The molecule has 0 spiro atoms. The van der Waals surface area contributed by atoms with Gasteiger partial charge in [-0.1, -0.05) is 39.8 Å². The maximum absolute atomic E-state index is 5.64. The van der Waals surface area contributed by atoms with Crippen LogP contribution in [-0.4, -0.2) is 37.7 Å². The fourth-order valence-corrected chi connectivity index (χ4v) is 2.29. The van der Waals surface area contributed by atoms with Crippen molar-refractivity contribution in [1.29, 1.82) is 0 Å². The van der Waals surface area contributed by atoms with Crippen LogP contribution < -0.4 is 10.1 Å². The highest BCUT2D eigenvalue weighted by molar-refractivity contribution is 5.29.